The average Bonchev–Trinajstić information content (AvgIpc) is 1.40. The quantitative estimate of drug-likeness (QED) is 0.0221. The number of pyridine rings is 1. The van der Waals surface area contributed by atoms with Crippen LogP contribution < -0.4 is 31.9 Å². The van der Waals surface area contributed by atoms with Crippen LogP contribution in [0.25, 0.3) is 22.9 Å². The zero-order chi connectivity index (χ0) is 83.6. The number of nitrogens with zero attached hydrogens (tertiary/aromatic N) is 10. The first kappa shape index (κ1) is 84.1. The van der Waals surface area contributed by atoms with Crippen molar-refractivity contribution in [3.05, 3.63) is 211 Å². The number of terminal acetylenes is 1. The van der Waals surface area contributed by atoms with Crippen molar-refractivity contribution in [3.63, 3.8) is 0 Å². The molecule has 6 N–H and O–H groups in total. The van der Waals surface area contributed by atoms with Crippen molar-refractivity contribution in [1.82, 2.24) is 64.9 Å². The minimum atomic E-state index is -1.02. The normalized spacial score (nSPS) is 15.4. The third-order valence-corrected chi connectivity index (χ3v) is 21.9. The summed E-state index contributed by atoms with van der Waals surface area (Å²) in [5.74, 6) is -3.57. The number of aromatic nitrogens is 10. The Balaban J connectivity index is 0.000000172. The van der Waals surface area contributed by atoms with Crippen LogP contribution in [-0.2, 0) is 51.3 Å². The summed E-state index contributed by atoms with van der Waals surface area (Å²) < 4.78 is 62.3. The van der Waals surface area contributed by atoms with Gasteiger partial charge in [0.25, 0.3) is 64.6 Å². The molecule has 0 unspecified atom stereocenters. The van der Waals surface area contributed by atoms with Gasteiger partial charge in [-0.3, -0.25) is 53.1 Å². The number of carbonyl (C=O) groups is 9. The van der Waals surface area contributed by atoms with Gasteiger partial charge in [0, 0.05) is 91.7 Å². The maximum absolute atomic E-state index is 13.7. The largest absolute Gasteiger partial charge is 0.366 e. The number of aryl methyl sites for hydroxylation is 3. The lowest BCUT2D eigenvalue weighted by Gasteiger charge is -2.34. The van der Waals surface area contributed by atoms with E-state index in [4.69, 9.17) is 20.2 Å². The molecular weight excluding hydrogens is 1490 g/mol. The van der Waals surface area contributed by atoms with Crippen LogP contribution in [0.1, 0.15) is 215 Å². The molecule has 0 saturated heterocycles. The van der Waals surface area contributed by atoms with Gasteiger partial charge in [0.2, 0.25) is 11.6 Å². The van der Waals surface area contributed by atoms with Crippen LogP contribution in [0.5, 0.6) is 0 Å². The number of anilines is 3. The van der Waals surface area contributed by atoms with E-state index in [1.807, 2.05) is 0 Å². The van der Waals surface area contributed by atoms with E-state index < -0.39 is 63.9 Å². The van der Waals surface area contributed by atoms with Gasteiger partial charge >= 0.3 is 0 Å². The van der Waals surface area contributed by atoms with E-state index in [0.29, 0.717) is 123 Å². The monoisotopic (exact) mass is 1580 g/mol. The van der Waals surface area contributed by atoms with E-state index in [1.165, 1.54) is 77.8 Å². The molecule has 0 spiro atoms. The van der Waals surface area contributed by atoms with Crippen LogP contribution in [0.2, 0.25) is 0 Å². The predicted molar refractivity (Wildman–Crippen MR) is 423 cm³/mol. The summed E-state index contributed by atoms with van der Waals surface area (Å²) in [5, 5.41) is 25.1. The molecule has 28 nitrogen and oxygen atoms in total. The number of benzene rings is 3. The van der Waals surface area contributed by atoms with Crippen LogP contribution in [0.15, 0.2) is 107 Å². The summed E-state index contributed by atoms with van der Waals surface area (Å²) in [6, 6.07) is 16.2. The maximum Gasteiger partial charge on any atom is 0.294 e. The summed E-state index contributed by atoms with van der Waals surface area (Å²) >= 11 is 0. The third kappa shape index (κ3) is 18.2. The molecule has 3 fully saturated rings. The molecule has 3 saturated carbocycles. The molecule has 13 rings (SSSR count). The van der Waals surface area contributed by atoms with Gasteiger partial charge in [0.1, 0.15) is 40.8 Å². The van der Waals surface area contributed by atoms with Gasteiger partial charge in [-0.2, -0.15) is 9.97 Å². The van der Waals surface area contributed by atoms with Crippen molar-refractivity contribution in [2.45, 2.75) is 175 Å². The van der Waals surface area contributed by atoms with E-state index in [2.05, 4.69) is 73.1 Å². The number of hydrogen-bond donors (Lipinski definition) is 6. The number of rotatable bonds is 21. The second-order valence-corrected chi connectivity index (χ2v) is 29.5. The number of ketones is 3. The Kier molecular flexibility index (Phi) is 26.2. The second-order valence-electron chi connectivity index (χ2n) is 29.5. The Bertz CT molecular complexity index is 5240. The molecule has 0 radical (unpaired) electrons. The molecule has 0 atom stereocenters. The molecule has 3 aliphatic carbocycles. The minimum absolute atomic E-state index is 0.0728. The summed E-state index contributed by atoms with van der Waals surface area (Å²) in [6.45, 7) is 15.1. The van der Waals surface area contributed by atoms with Gasteiger partial charge in [-0.25, -0.2) is 18.2 Å². The summed E-state index contributed by atoms with van der Waals surface area (Å²) in [6.07, 6.45) is 23.3. The smallest absolute Gasteiger partial charge is 0.294 e. The standard InChI is InChI=1S/C30H31FN6O4.C29H30FN7O4.C26H30FN3O4/c1-17-16-21(8-9-22(17)31)33-27(39)23-18(2)24(37(4)19(23)3)25(38)28(40)35-30(12-6-5-7-13-30)29-34-26(36-41-29)20-10-14-32-15-11-20;1-16-14-19(8-9-20(16)30)33-26(39)22-17(2)23(37(4)18(22)3)24(38)27(40)35-29(10-6-5-7-11-29)28-34-25(36-41-28)21-15-31-12-13-32-21;1-6-13-34-20-10-7-18(8-11-20)28-26(33)24(31)23-16(3)22(17(4)30(23)5)25(32)29-19-9-12-21(27)15(2)14-19/h8-11,14-16H,5-7,12-13H2,1-4H3,(H,33,39)(H,35,40);8-9,12-15H,5-7,10-11H2,1-4H3,(H,33,39)(H,35,40);1,9,12,14,18,20H,7-8,10-11,13H2,2-5H3,(H,28,33)(H,29,32). The lowest BCUT2D eigenvalue weighted by atomic mass is 9.81. The molecule has 7 heterocycles. The molecule has 0 bridgehead atoms. The van der Waals surface area contributed by atoms with E-state index in [0.717, 1.165) is 56.9 Å². The van der Waals surface area contributed by atoms with Crippen molar-refractivity contribution < 1.29 is 70.1 Å². The number of hydrogen-bond acceptors (Lipinski definition) is 19. The molecule has 604 valence electrons. The Morgan fingerprint density at radius 1 is 0.500 bits per heavy atom. The number of ether oxygens (including phenoxy) is 1. The summed E-state index contributed by atoms with van der Waals surface area (Å²) in [4.78, 5) is 141. The number of halogens is 3. The zero-order valence-electron chi connectivity index (χ0n) is 66.6. The van der Waals surface area contributed by atoms with Crippen LogP contribution in [-0.4, -0.2) is 120 Å². The van der Waals surface area contributed by atoms with Crippen molar-refractivity contribution in [1.29, 1.82) is 0 Å². The van der Waals surface area contributed by atoms with Crippen LogP contribution >= 0.6 is 0 Å². The maximum atomic E-state index is 13.7. The number of Topliss-reactive ketones (excluding diaryl/α,β-unsaturated/α-hetero) is 3. The fourth-order valence-corrected chi connectivity index (χ4v) is 15.4. The third-order valence-electron chi connectivity index (χ3n) is 21.9. The first-order chi connectivity index (χ1) is 55.4. The van der Waals surface area contributed by atoms with Crippen LogP contribution in [0, 0.1) is 92.1 Å². The van der Waals surface area contributed by atoms with Crippen LogP contribution in [0.4, 0.5) is 30.2 Å². The van der Waals surface area contributed by atoms with E-state index in [1.54, 1.807) is 117 Å². The molecule has 116 heavy (non-hydrogen) atoms. The van der Waals surface area contributed by atoms with Crippen molar-refractivity contribution >= 4 is 69.9 Å². The van der Waals surface area contributed by atoms with E-state index >= 15 is 0 Å². The first-order valence-corrected chi connectivity index (χ1v) is 38.0. The molecular formula is C85H91F3N16O12. The molecule has 10 aromatic rings. The molecule has 7 aromatic heterocycles. The van der Waals surface area contributed by atoms with Gasteiger partial charge in [-0.15, -0.1) is 6.42 Å². The van der Waals surface area contributed by atoms with Crippen molar-refractivity contribution in [2.75, 3.05) is 22.6 Å². The topological polar surface area (TPSA) is 366 Å². The second kappa shape index (κ2) is 36.1. The SMILES string of the molecule is C#CCOC1CCC(NC(=O)C(=O)c2c(C)c(C(=O)Nc3ccc(F)c(C)c3)c(C)n2C)CC1.Cc1cc(NC(=O)c2c(C)c(C(=O)C(=O)NC3(c4nc(-c5ccncc5)no4)CCCCC3)n(C)c2C)ccc1F.Cc1cc(NC(=O)c2c(C)c(C(=O)C(=O)NC3(c4nc(-c5cnccn5)no4)CCCCC3)n(C)c2C)ccc1F. The summed E-state index contributed by atoms with van der Waals surface area (Å²) in [5.41, 5.74) is 5.56. The Morgan fingerprint density at radius 2 is 0.888 bits per heavy atom. The highest BCUT2D eigenvalue weighted by molar-refractivity contribution is 6.44. The fraction of sp³-hybridized carbons (Fsp3) is 0.365. The van der Waals surface area contributed by atoms with Crippen molar-refractivity contribution in [2.24, 2.45) is 21.1 Å². The highest BCUT2D eigenvalue weighted by Gasteiger charge is 2.45. The van der Waals surface area contributed by atoms with E-state index in [9.17, 15) is 56.3 Å². The molecule has 31 heteroatoms. The van der Waals surface area contributed by atoms with Crippen LogP contribution in [0.3, 0.4) is 0 Å². The lowest BCUT2D eigenvalue weighted by Crippen LogP contribution is -2.50. The Labute approximate surface area is 667 Å². The number of nitrogens with one attached hydrogen (secondary N) is 6. The predicted octanol–water partition coefficient (Wildman–Crippen LogP) is 12.9. The number of amides is 6. The minimum Gasteiger partial charge on any atom is -0.366 e. The van der Waals surface area contributed by atoms with Gasteiger partial charge in [-0.05, 0) is 214 Å². The zero-order valence-corrected chi connectivity index (χ0v) is 66.6. The fourth-order valence-electron chi connectivity index (χ4n) is 15.4. The lowest BCUT2D eigenvalue weighted by molar-refractivity contribution is -0.120. The highest BCUT2D eigenvalue weighted by atomic mass is 19.1. The molecule has 3 aromatic carbocycles. The Hall–Kier alpha value is -12.9. The van der Waals surface area contributed by atoms with E-state index in [-0.39, 0.29) is 82.0 Å². The van der Waals surface area contributed by atoms with Crippen molar-refractivity contribution in [3.8, 4) is 35.2 Å². The Morgan fingerprint density at radius 3 is 1.27 bits per heavy atom. The number of carbonyl (C=O) groups excluding carboxylic acids is 9. The summed E-state index contributed by atoms with van der Waals surface area (Å²) in [7, 11) is 4.91. The van der Waals surface area contributed by atoms with Gasteiger partial charge in [0.15, 0.2) is 0 Å². The molecule has 3 aliphatic rings. The van der Waals surface area contributed by atoms with Gasteiger partial charge in [0.05, 0.1) is 46.1 Å². The molecule has 0 aliphatic heterocycles. The molecule has 6 amide bonds. The van der Waals surface area contributed by atoms with Gasteiger partial charge < -0.3 is 59.4 Å². The highest BCUT2D eigenvalue weighted by Crippen LogP contribution is 2.40. The first-order valence-electron chi connectivity index (χ1n) is 38.0. The average molecular weight is 1590 g/mol. The van der Waals surface area contributed by atoms with Gasteiger partial charge in [-0.1, -0.05) is 54.8 Å².